The molecule has 0 heterocycles. The molecule has 1 saturated carbocycles. The predicted octanol–water partition coefficient (Wildman–Crippen LogP) is 3.09. The lowest BCUT2D eigenvalue weighted by molar-refractivity contribution is -0.149. The maximum Gasteiger partial charge on any atom is 0.308 e. The molecule has 1 aliphatic rings. The Morgan fingerprint density at radius 2 is 1.89 bits per heavy atom. The minimum atomic E-state index is -0.413. The van der Waals surface area contributed by atoms with Gasteiger partial charge >= 0.3 is 5.97 Å². The second-order valence-electron chi connectivity index (χ2n) is 5.22. The molecule has 1 unspecified atom stereocenters. The van der Waals surface area contributed by atoms with Crippen molar-refractivity contribution in [2.24, 2.45) is 11.8 Å². The van der Waals surface area contributed by atoms with Crippen LogP contribution in [0.2, 0.25) is 0 Å². The number of esters is 1. The van der Waals surface area contributed by atoms with Crippen LogP contribution in [0.5, 0.6) is 0 Å². The smallest absolute Gasteiger partial charge is 0.308 e. The molecule has 3 nitrogen and oxygen atoms in total. The third-order valence-electron chi connectivity index (χ3n) is 3.98. The van der Waals surface area contributed by atoms with Crippen LogP contribution < -0.4 is 0 Å². The minimum Gasteiger partial charge on any atom is -0.466 e. The Bertz CT molecular complexity index is 394. The molecule has 0 aromatic heterocycles. The van der Waals surface area contributed by atoms with Gasteiger partial charge in [-0.25, -0.2) is 0 Å². The first-order chi connectivity index (χ1) is 9.22. The quantitative estimate of drug-likeness (QED) is 0.848. The number of carbonyl (C=O) groups excluding carboxylic acids is 1. The lowest BCUT2D eigenvalue weighted by Crippen LogP contribution is -2.26. The Hall–Kier alpha value is -1.35. The molecule has 3 heteroatoms. The van der Waals surface area contributed by atoms with Crippen molar-refractivity contribution in [2.45, 2.75) is 38.7 Å². The Labute approximate surface area is 114 Å². The normalized spacial score (nSPS) is 24.7. The van der Waals surface area contributed by atoms with E-state index in [-0.39, 0.29) is 17.8 Å². The van der Waals surface area contributed by atoms with Crippen molar-refractivity contribution in [3.63, 3.8) is 0 Å². The summed E-state index contributed by atoms with van der Waals surface area (Å²) in [5.74, 6) is 0.211. The summed E-state index contributed by atoms with van der Waals surface area (Å²) in [7, 11) is 0. The van der Waals surface area contributed by atoms with Gasteiger partial charge in [0.2, 0.25) is 0 Å². The molecule has 0 saturated heterocycles. The molecule has 0 amide bonds. The molecule has 1 N–H and O–H groups in total. The summed E-state index contributed by atoms with van der Waals surface area (Å²) < 4.78 is 5.06. The average Bonchev–Trinajstić information content (AvgIpc) is 2.48. The van der Waals surface area contributed by atoms with Crippen LogP contribution in [-0.2, 0) is 9.53 Å². The first kappa shape index (κ1) is 14.1. The van der Waals surface area contributed by atoms with E-state index < -0.39 is 6.10 Å². The van der Waals surface area contributed by atoms with E-state index in [9.17, 15) is 9.90 Å². The van der Waals surface area contributed by atoms with E-state index in [0.717, 1.165) is 31.2 Å². The fourth-order valence-corrected chi connectivity index (χ4v) is 2.85. The molecule has 1 aromatic carbocycles. The lowest BCUT2D eigenvalue weighted by atomic mass is 9.78. The van der Waals surface area contributed by atoms with Crippen LogP contribution in [0, 0.1) is 11.8 Å². The number of benzene rings is 1. The highest BCUT2D eigenvalue weighted by molar-refractivity contribution is 5.72. The molecule has 0 radical (unpaired) electrons. The number of aliphatic hydroxyl groups excluding tert-OH is 1. The SMILES string of the molecule is CCOC(=O)C1CCC(C(O)c2ccccc2)CC1. The minimum absolute atomic E-state index is 0.0270. The highest BCUT2D eigenvalue weighted by atomic mass is 16.5. The van der Waals surface area contributed by atoms with Gasteiger partial charge < -0.3 is 9.84 Å². The van der Waals surface area contributed by atoms with E-state index in [1.807, 2.05) is 37.3 Å². The Morgan fingerprint density at radius 1 is 1.26 bits per heavy atom. The summed E-state index contributed by atoms with van der Waals surface area (Å²) in [6.45, 7) is 2.29. The van der Waals surface area contributed by atoms with Gasteiger partial charge in [-0.2, -0.15) is 0 Å². The molecular formula is C16H22O3. The zero-order valence-corrected chi connectivity index (χ0v) is 11.4. The van der Waals surface area contributed by atoms with Gasteiger partial charge in [0.25, 0.3) is 0 Å². The highest BCUT2D eigenvalue weighted by Gasteiger charge is 2.31. The molecule has 0 bridgehead atoms. The zero-order valence-electron chi connectivity index (χ0n) is 11.4. The van der Waals surface area contributed by atoms with E-state index >= 15 is 0 Å². The van der Waals surface area contributed by atoms with Gasteiger partial charge in [0.15, 0.2) is 0 Å². The van der Waals surface area contributed by atoms with E-state index in [2.05, 4.69) is 0 Å². The van der Waals surface area contributed by atoms with Gasteiger partial charge in [-0.1, -0.05) is 30.3 Å². The maximum atomic E-state index is 11.7. The number of aliphatic hydroxyl groups is 1. The summed E-state index contributed by atoms with van der Waals surface area (Å²) in [4.78, 5) is 11.7. The number of hydrogen-bond donors (Lipinski definition) is 1. The topological polar surface area (TPSA) is 46.5 Å². The Balaban J connectivity index is 1.88. The first-order valence-electron chi connectivity index (χ1n) is 7.12. The van der Waals surface area contributed by atoms with Gasteiger partial charge in [0.05, 0.1) is 18.6 Å². The van der Waals surface area contributed by atoms with E-state index in [1.165, 1.54) is 0 Å². The number of hydrogen-bond acceptors (Lipinski definition) is 3. The monoisotopic (exact) mass is 262 g/mol. The van der Waals surface area contributed by atoms with Crippen LogP contribution in [0.1, 0.15) is 44.3 Å². The predicted molar refractivity (Wildman–Crippen MR) is 73.5 cm³/mol. The van der Waals surface area contributed by atoms with Gasteiger partial charge in [-0.3, -0.25) is 4.79 Å². The molecule has 0 spiro atoms. The summed E-state index contributed by atoms with van der Waals surface area (Å²) >= 11 is 0. The van der Waals surface area contributed by atoms with Gasteiger partial charge in [-0.05, 0) is 44.1 Å². The molecule has 1 atom stereocenters. The Kier molecular flexibility index (Phi) is 4.97. The summed E-state index contributed by atoms with van der Waals surface area (Å²) in [5, 5.41) is 10.4. The number of ether oxygens (including phenoxy) is 1. The summed E-state index contributed by atoms with van der Waals surface area (Å²) in [6, 6.07) is 9.77. The van der Waals surface area contributed by atoms with Gasteiger partial charge in [0, 0.05) is 0 Å². The first-order valence-corrected chi connectivity index (χ1v) is 7.12. The van der Waals surface area contributed by atoms with Crippen LogP contribution in [0.3, 0.4) is 0 Å². The zero-order chi connectivity index (χ0) is 13.7. The van der Waals surface area contributed by atoms with E-state index in [1.54, 1.807) is 0 Å². The van der Waals surface area contributed by atoms with Crippen LogP contribution >= 0.6 is 0 Å². The van der Waals surface area contributed by atoms with Gasteiger partial charge in [-0.15, -0.1) is 0 Å². The molecule has 19 heavy (non-hydrogen) atoms. The van der Waals surface area contributed by atoms with Crippen molar-refractivity contribution in [3.8, 4) is 0 Å². The number of rotatable bonds is 4. The fourth-order valence-electron chi connectivity index (χ4n) is 2.85. The van der Waals surface area contributed by atoms with Gasteiger partial charge in [0.1, 0.15) is 0 Å². The largest absolute Gasteiger partial charge is 0.466 e. The molecule has 1 aromatic rings. The van der Waals surface area contributed by atoms with Crippen LogP contribution in [-0.4, -0.2) is 17.7 Å². The third kappa shape index (κ3) is 3.57. The van der Waals surface area contributed by atoms with Crippen molar-refractivity contribution in [3.05, 3.63) is 35.9 Å². The lowest BCUT2D eigenvalue weighted by Gasteiger charge is -2.30. The van der Waals surface area contributed by atoms with Crippen LogP contribution in [0.15, 0.2) is 30.3 Å². The van der Waals surface area contributed by atoms with Crippen molar-refractivity contribution >= 4 is 5.97 Å². The Morgan fingerprint density at radius 3 is 2.47 bits per heavy atom. The van der Waals surface area contributed by atoms with Crippen molar-refractivity contribution in [2.75, 3.05) is 6.61 Å². The fraction of sp³-hybridized carbons (Fsp3) is 0.562. The molecular weight excluding hydrogens is 240 g/mol. The molecule has 104 valence electrons. The molecule has 1 aliphatic carbocycles. The maximum absolute atomic E-state index is 11.7. The standard InChI is InChI=1S/C16H22O3/c1-2-19-16(18)14-10-8-13(9-11-14)15(17)12-6-4-3-5-7-12/h3-7,13-15,17H,2,8-11H2,1H3. The van der Waals surface area contributed by atoms with E-state index in [4.69, 9.17) is 4.74 Å². The molecule has 0 aliphatic heterocycles. The third-order valence-corrected chi connectivity index (χ3v) is 3.98. The molecule has 1 fully saturated rings. The van der Waals surface area contributed by atoms with Crippen molar-refractivity contribution in [1.82, 2.24) is 0 Å². The second kappa shape index (κ2) is 6.71. The van der Waals surface area contributed by atoms with Crippen LogP contribution in [0.4, 0.5) is 0 Å². The summed E-state index contributed by atoms with van der Waals surface area (Å²) in [5.41, 5.74) is 0.974. The summed E-state index contributed by atoms with van der Waals surface area (Å²) in [6.07, 6.45) is 3.02. The highest BCUT2D eigenvalue weighted by Crippen LogP contribution is 2.37. The van der Waals surface area contributed by atoms with Crippen LogP contribution in [0.25, 0.3) is 0 Å². The molecule has 2 rings (SSSR count). The number of carbonyl (C=O) groups is 1. The second-order valence-corrected chi connectivity index (χ2v) is 5.22. The average molecular weight is 262 g/mol. The van der Waals surface area contributed by atoms with E-state index in [0.29, 0.717) is 6.61 Å². The van der Waals surface area contributed by atoms with Crippen molar-refractivity contribution < 1.29 is 14.6 Å². The van der Waals surface area contributed by atoms with Crippen molar-refractivity contribution in [1.29, 1.82) is 0 Å².